The second-order valence-electron chi connectivity index (χ2n) is 2.40. The highest BCUT2D eigenvalue weighted by molar-refractivity contribution is 5.91. The maximum absolute atomic E-state index is 11.0. The van der Waals surface area contributed by atoms with Crippen molar-refractivity contribution in [2.75, 3.05) is 0 Å². The van der Waals surface area contributed by atoms with E-state index >= 15 is 0 Å². The molecule has 0 fully saturated rings. The van der Waals surface area contributed by atoms with Crippen LogP contribution in [0.4, 0.5) is 0 Å². The molecule has 0 aromatic carbocycles. The topological polar surface area (TPSA) is 44.0 Å². The van der Waals surface area contributed by atoms with E-state index in [4.69, 9.17) is 0 Å². The first-order valence-electron chi connectivity index (χ1n) is 3.57. The summed E-state index contributed by atoms with van der Waals surface area (Å²) < 4.78 is 0.708. The van der Waals surface area contributed by atoms with Crippen molar-refractivity contribution in [2.24, 2.45) is 0 Å². The van der Waals surface area contributed by atoms with E-state index in [9.17, 15) is 10.0 Å². The molecule has 1 rings (SSSR count). The number of rotatable bonds is 2. The van der Waals surface area contributed by atoms with Crippen LogP contribution in [-0.4, -0.2) is 5.78 Å². The fourth-order valence-electron chi connectivity index (χ4n) is 0.773. The number of ketones is 1. The number of allylic oxidation sites excluding steroid dienone is 1. The highest BCUT2D eigenvalue weighted by Gasteiger charge is 1.96. The van der Waals surface area contributed by atoms with Crippen LogP contribution in [0.5, 0.6) is 0 Å². The summed E-state index contributed by atoms with van der Waals surface area (Å²) in [6.45, 7) is 1.44. The van der Waals surface area contributed by atoms with E-state index in [1.54, 1.807) is 18.2 Å². The van der Waals surface area contributed by atoms with Gasteiger partial charge >= 0.3 is 0 Å². The van der Waals surface area contributed by atoms with E-state index in [0.29, 0.717) is 10.4 Å². The predicted molar refractivity (Wildman–Crippen MR) is 45.1 cm³/mol. The monoisotopic (exact) mass is 163 g/mol. The Bertz CT molecular complexity index is 318. The second kappa shape index (κ2) is 3.67. The highest BCUT2D eigenvalue weighted by atomic mass is 16.5. The van der Waals surface area contributed by atoms with Crippen LogP contribution in [0.15, 0.2) is 30.5 Å². The van der Waals surface area contributed by atoms with Crippen LogP contribution in [-0.2, 0) is 4.79 Å². The maximum Gasteiger partial charge on any atom is 0.216 e. The molecule has 12 heavy (non-hydrogen) atoms. The SMILES string of the molecule is CC(=O)/C=C/c1cccc[n+]1[O-]. The third-order valence-electron chi connectivity index (χ3n) is 1.34. The zero-order valence-electron chi connectivity index (χ0n) is 6.73. The van der Waals surface area contributed by atoms with Crippen molar-refractivity contribution < 1.29 is 9.52 Å². The normalized spacial score (nSPS) is 10.4. The smallest absolute Gasteiger partial charge is 0.216 e. The molecule has 0 unspecified atom stereocenters. The molecule has 0 aliphatic rings. The molecular formula is C9H9NO2. The fraction of sp³-hybridized carbons (Fsp3) is 0.111. The van der Waals surface area contributed by atoms with Crippen molar-refractivity contribution in [1.29, 1.82) is 0 Å². The Morgan fingerprint density at radius 1 is 1.58 bits per heavy atom. The van der Waals surface area contributed by atoms with Crippen molar-refractivity contribution in [3.8, 4) is 0 Å². The number of carbonyl (C=O) groups excluding carboxylic acids is 1. The lowest BCUT2D eigenvalue weighted by Crippen LogP contribution is -2.28. The number of aromatic nitrogens is 1. The number of carbonyl (C=O) groups is 1. The van der Waals surface area contributed by atoms with Crippen molar-refractivity contribution in [3.63, 3.8) is 0 Å². The van der Waals surface area contributed by atoms with E-state index in [1.165, 1.54) is 25.3 Å². The molecule has 0 saturated carbocycles. The molecule has 0 N–H and O–H groups in total. The van der Waals surface area contributed by atoms with Crippen LogP contribution in [0.1, 0.15) is 12.6 Å². The van der Waals surface area contributed by atoms with Crippen molar-refractivity contribution >= 4 is 11.9 Å². The second-order valence-corrected chi connectivity index (χ2v) is 2.40. The molecule has 0 radical (unpaired) electrons. The molecule has 0 amide bonds. The lowest BCUT2D eigenvalue weighted by atomic mass is 10.3. The van der Waals surface area contributed by atoms with Gasteiger partial charge in [0, 0.05) is 18.2 Å². The van der Waals surface area contributed by atoms with Gasteiger partial charge in [0.2, 0.25) is 5.69 Å². The van der Waals surface area contributed by atoms with E-state index in [-0.39, 0.29) is 5.78 Å². The molecule has 62 valence electrons. The van der Waals surface area contributed by atoms with E-state index in [1.807, 2.05) is 0 Å². The van der Waals surface area contributed by atoms with Crippen LogP contribution >= 0.6 is 0 Å². The van der Waals surface area contributed by atoms with Crippen LogP contribution < -0.4 is 4.73 Å². The van der Waals surface area contributed by atoms with Crippen LogP contribution in [0.2, 0.25) is 0 Å². The van der Waals surface area contributed by atoms with E-state index in [2.05, 4.69) is 0 Å². The molecule has 0 atom stereocenters. The molecule has 3 nitrogen and oxygen atoms in total. The van der Waals surface area contributed by atoms with Gasteiger partial charge in [-0.1, -0.05) is 0 Å². The third kappa shape index (κ3) is 2.20. The molecule has 0 spiro atoms. The fourth-order valence-corrected chi connectivity index (χ4v) is 0.773. The summed E-state index contributed by atoms with van der Waals surface area (Å²) >= 11 is 0. The first-order valence-corrected chi connectivity index (χ1v) is 3.57. The molecule has 1 aromatic rings. The molecular weight excluding hydrogens is 154 g/mol. The Kier molecular flexibility index (Phi) is 2.58. The largest absolute Gasteiger partial charge is 0.618 e. The van der Waals surface area contributed by atoms with Gasteiger partial charge < -0.3 is 5.21 Å². The molecule has 0 saturated heterocycles. The van der Waals surface area contributed by atoms with Gasteiger partial charge in [0.25, 0.3) is 0 Å². The minimum atomic E-state index is -0.0705. The lowest BCUT2D eigenvalue weighted by molar-refractivity contribution is -0.607. The van der Waals surface area contributed by atoms with Gasteiger partial charge in [-0.3, -0.25) is 4.79 Å². The van der Waals surface area contributed by atoms with Gasteiger partial charge in [-0.15, -0.1) is 0 Å². The van der Waals surface area contributed by atoms with Gasteiger partial charge in [-0.2, -0.15) is 4.73 Å². The summed E-state index contributed by atoms with van der Waals surface area (Å²) in [6.07, 6.45) is 4.25. The van der Waals surface area contributed by atoms with Crippen LogP contribution in [0, 0.1) is 5.21 Å². The molecule has 1 aromatic heterocycles. The average Bonchev–Trinajstić information content (AvgIpc) is 2.03. The third-order valence-corrected chi connectivity index (χ3v) is 1.34. The Hall–Kier alpha value is -1.64. The quantitative estimate of drug-likeness (QED) is 0.369. The summed E-state index contributed by atoms with van der Waals surface area (Å²) in [6, 6.07) is 5.03. The van der Waals surface area contributed by atoms with Gasteiger partial charge in [0.15, 0.2) is 12.0 Å². The van der Waals surface area contributed by atoms with Crippen molar-refractivity contribution in [1.82, 2.24) is 0 Å². The standard InChI is InChI=1S/C9H9NO2/c1-8(11)5-6-9-4-2-3-7-10(9)12/h2-7H,1H3/b6-5+. The Morgan fingerprint density at radius 3 is 2.92 bits per heavy atom. The van der Waals surface area contributed by atoms with E-state index in [0.717, 1.165) is 0 Å². The first kappa shape index (κ1) is 8.46. The summed E-state index contributed by atoms with van der Waals surface area (Å²) in [5.74, 6) is -0.0705. The Morgan fingerprint density at radius 2 is 2.33 bits per heavy atom. The van der Waals surface area contributed by atoms with Gasteiger partial charge in [-0.25, -0.2) is 0 Å². The Balaban J connectivity index is 2.89. The van der Waals surface area contributed by atoms with Crippen LogP contribution in [0.25, 0.3) is 6.08 Å². The molecule has 1 heterocycles. The maximum atomic E-state index is 11.0. The molecule has 0 aliphatic heterocycles. The summed E-state index contributed by atoms with van der Waals surface area (Å²) in [7, 11) is 0. The van der Waals surface area contributed by atoms with E-state index < -0.39 is 0 Å². The van der Waals surface area contributed by atoms with Crippen molar-refractivity contribution in [3.05, 3.63) is 41.4 Å². The highest BCUT2D eigenvalue weighted by Crippen LogP contribution is 1.93. The van der Waals surface area contributed by atoms with Crippen molar-refractivity contribution in [2.45, 2.75) is 6.92 Å². The lowest BCUT2D eigenvalue weighted by Gasteiger charge is -1.97. The van der Waals surface area contributed by atoms with Crippen LogP contribution in [0.3, 0.4) is 0 Å². The average molecular weight is 163 g/mol. The summed E-state index contributed by atoms with van der Waals surface area (Å²) in [5.41, 5.74) is 0.465. The number of hydrogen-bond acceptors (Lipinski definition) is 2. The number of pyridine rings is 1. The van der Waals surface area contributed by atoms with Gasteiger partial charge in [0.05, 0.1) is 0 Å². The number of hydrogen-bond donors (Lipinski definition) is 0. The minimum absolute atomic E-state index is 0.0705. The van der Waals surface area contributed by atoms with Gasteiger partial charge in [0.1, 0.15) is 0 Å². The zero-order chi connectivity index (χ0) is 8.97. The molecule has 0 bridgehead atoms. The molecule has 3 heteroatoms. The van der Waals surface area contributed by atoms with Gasteiger partial charge in [-0.05, 0) is 19.1 Å². The summed E-state index contributed by atoms with van der Waals surface area (Å²) in [4.78, 5) is 10.5. The Labute approximate surface area is 70.5 Å². The number of nitrogens with zero attached hydrogens (tertiary/aromatic N) is 1. The minimum Gasteiger partial charge on any atom is -0.618 e. The first-order chi connectivity index (χ1) is 5.70. The molecule has 0 aliphatic carbocycles. The summed E-state index contributed by atoms with van der Waals surface area (Å²) in [5, 5.41) is 11.0. The zero-order valence-corrected chi connectivity index (χ0v) is 6.73. The predicted octanol–water partition coefficient (Wildman–Crippen LogP) is 0.922.